The zero-order valence-electron chi connectivity index (χ0n) is 14.5. The van der Waals surface area contributed by atoms with Crippen molar-refractivity contribution in [2.75, 3.05) is 0 Å². The molecular weight excluding hydrogens is 302 g/mol. The highest BCUT2D eigenvalue weighted by Gasteiger charge is 2.17. The molecule has 0 aliphatic rings. The smallest absolute Gasteiger partial charge is 0.260 e. The lowest BCUT2D eigenvalue weighted by atomic mass is 10.0. The first-order valence-corrected chi connectivity index (χ1v) is 8.21. The molecule has 0 aromatic heterocycles. The lowest BCUT2D eigenvalue weighted by Gasteiger charge is -2.19. The quantitative estimate of drug-likeness (QED) is 0.822. The molecule has 0 spiro atoms. The molecule has 0 saturated carbocycles. The lowest BCUT2D eigenvalue weighted by molar-refractivity contribution is -0.127. The minimum atomic E-state index is -0.599. The van der Waals surface area contributed by atoms with Gasteiger partial charge in [0, 0.05) is 6.04 Å². The van der Waals surface area contributed by atoms with E-state index in [0.29, 0.717) is 5.75 Å². The third kappa shape index (κ3) is 5.10. The number of hydrogen-bond donors (Lipinski definition) is 2. The summed E-state index contributed by atoms with van der Waals surface area (Å²) in [7, 11) is 0. The Balaban J connectivity index is 1.89. The number of aliphatic hydroxyl groups is 1. The van der Waals surface area contributed by atoms with E-state index in [2.05, 4.69) is 24.4 Å². The number of benzene rings is 2. The van der Waals surface area contributed by atoms with Gasteiger partial charge in [-0.25, -0.2) is 0 Å². The first kappa shape index (κ1) is 18.0. The largest absolute Gasteiger partial charge is 0.481 e. The topological polar surface area (TPSA) is 58.6 Å². The van der Waals surface area contributed by atoms with Crippen molar-refractivity contribution in [3.63, 3.8) is 0 Å². The minimum Gasteiger partial charge on any atom is -0.481 e. The van der Waals surface area contributed by atoms with Gasteiger partial charge in [0.2, 0.25) is 0 Å². The second-order valence-electron chi connectivity index (χ2n) is 6.11. The third-order valence-corrected chi connectivity index (χ3v) is 3.94. The number of nitrogens with one attached hydrogen (secondary N) is 1. The number of carbonyl (C=O) groups excluding carboxylic acids is 1. The Morgan fingerprint density at radius 3 is 2.62 bits per heavy atom. The van der Waals surface area contributed by atoms with Crippen LogP contribution < -0.4 is 10.1 Å². The van der Waals surface area contributed by atoms with Gasteiger partial charge in [0.05, 0.1) is 6.61 Å². The molecule has 0 aliphatic carbocycles. The van der Waals surface area contributed by atoms with Gasteiger partial charge < -0.3 is 15.2 Å². The average molecular weight is 327 g/mol. The average Bonchev–Trinajstić information content (AvgIpc) is 2.57. The van der Waals surface area contributed by atoms with Crippen molar-refractivity contribution >= 4 is 5.91 Å². The predicted octanol–water partition coefficient (Wildman–Crippen LogP) is 3.00. The molecule has 24 heavy (non-hydrogen) atoms. The monoisotopic (exact) mass is 327 g/mol. The van der Waals surface area contributed by atoms with Crippen LogP contribution in [-0.4, -0.2) is 23.2 Å². The fourth-order valence-electron chi connectivity index (χ4n) is 2.56. The molecule has 2 aromatic carbocycles. The first-order valence-electron chi connectivity index (χ1n) is 8.21. The molecule has 4 nitrogen and oxygen atoms in total. The van der Waals surface area contributed by atoms with Crippen molar-refractivity contribution in [2.24, 2.45) is 0 Å². The Hall–Kier alpha value is -2.33. The van der Waals surface area contributed by atoms with Crippen LogP contribution in [0.1, 0.15) is 30.5 Å². The van der Waals surface area contributed by atoms with Crippen molar-refractivity contribution < 1.29 is 14.6 Å². The molecule has 0 radical (unpaired) electrons. The molecule has 2 atom stereocenters. The van der Waals surface area contributed by atoms with Gasteiger partial charge in [-0.3, -0.25) is 4.79 Å². The van der Waals surface area contributed by atoms with Crippen LogP contribution in [0.2, 0.25) is 0 Å². The first-order chi connectivity index (χ1) is 11.5. The fraction of sp³-hybridized carbons (Fsp3) is 0.350. The number of aryl methyl sites for hydroxylation is 1. The number of aliphatic hydroxyl groups excluding tert-OH is 1. The van der Waals surface area contributed by atoms with Gasteiger partial charge in [-0.05, 0) is 56.0 Å². The maximum Gasteiger partial charge on any atom is 0.260 e. The Morgan fingerprint density at radius 2 is 1.92 bits per heavy atom. The SMILES string of the molecule is Cc1ccccc1CC(C)NC(=O)C(C)Oc1cccc(CO)c1. The number of amides is 1. The second-order valence-corrected chi connectivity index (χ2v) is 6.11. The van der Waals surface area contributed by atoms with Crippen LogP contribution in [0.25, 0.3) is 0 Å². The molecule has 0 heterocycles. The summed E-state index contributed by atoms with van der Waals surface area (Å²) in [4.78, 5) is 12.3. The van der Waals surface area contributed by atoms with Gasteiger partial charge in [-0.2, -0.15) is 0 Å². The van der Waals surface area contributed by atoms with E-state index in [1.165, 1.54) is 11.1 Å². The summed E-state index contributed by atoms with van der Waals surface area (Å²) in [6.07, 6.45) is 0.184. The van der Waals surface area contributed by atoms with Crippen molar-refractivity contribution in [2.45, 2.75) is 45.9 Å². The van der Waals surface area contributed by atoms with E-state index >= 15 is 0 Å². The number of hydrogen-bond acceptors (Lipinski definition) is 3. The molecule has 2 aromatic rings. The van der Waals surface area contributed by atoms with E-state index < -0.39 is 6.10 Å². The van der Waals surface area contributed by atoms with Crippen LogP contribution in [-0.2, 0) is 17.8 Å². The summed E-state index contributed by atoms with van der Waals surface area (Å²) < 4.78 is 5.67. The van der Waals surface area contributed by atoms with Gasteiger partial charge in [-0.15, -0.1) is 0 Å². The summed E-state index contributed by atoms with van der Waals surface area (Å²) in [5.41, 5.74) is 3.21. The maximum atomic E-state index is 12.3. The number of ether oxygens (including phenoxy) is 1. The molecule has 2 N–H and O–H groups in total. The van der Waals surface area contributed by atoms with Gasteiger partial charge in [-0.1, -0.05) is 36.4 Å². The van der Waals surface area contributed by atoms with E-state index in [-0.39, 0.29) is 18.6 Å². The van der Waals surface area contributed by atoms with Crippen molar-refractivity contribution in [1.82, 2.24) is 5.32 Å². The van der Waals surface area contributed by atoms with Crippen molar-refractivity contribution in [3.05, 3.63) is 65.2 Å². The highest BCUT2D eigenvalue weighted by atomic mass is 16.5. The summed E-state index contributed by atoms with van der Waals surface area (Å²) >= 11 is 0. The van der Waals surface area contributed by atoms with Crippen LogP contribution in [0, 0.1) is 6.92 Å². The zero-order valence-corrected chi connectivity index (χ0v) is 14.5. The standard InChI is InChI=1S/C20H25NO3/c1-14-7-4-5-9-18(14)11-15(2)21-20(23)16(3)24-19-10-6-8-17(12-19)13-22/h4-10,12,15-16,22H,11,13H2,1-3H3,(H,21,23). The molecule has 2 unspecified atom stereocenters. The zero-order chi connectivity index (χ0) is 17.5. The summed E-state index contributed by atoms with van der Waals surface area (Å²) in [5, 5.41) is 12.1. The molecular formula is C20H25NO3. The maximum absolute atomic E-state index is 12.3. The van der Waals surface area contributed by atoms with E-state index in [1.54, 1.807) is 25.1 Å². The Labute approximate surface area is 143 Å². The normalized spacial score (nSPS) is 13.2. The van der Waals surface area contributed by atoms with Gasteiger partial charge in [0.15, 0.2) is 6.10 Å². The summed E-state index contributed by atoms with van der Waals surface area (Å²) in [6, 6.07) is 15.3. The van der Waals surface area contributed by atoms with Gasteiger partial charge >= 0.3 is 0 Å². The van der Waals surface area contributed by atoms with Crippen LogP contribution in [0.15, 0.2) is 48.5 Å². The fourth-order valence-corrected chi connectivity index (χ4v) is 2.56. The highest BCUT2D eigenvalue weighted by molar-refractivity contribution is 5.81. The van der Waals surface area contributed by atoms with Crippen molar-refractivity contribution in [3.8, 4) is 5.75 Å². The summed E-state index contributed by atoms with van der Waals surface area (Å²) in [6.45, 7) is 5.74. The van der Waals surface area contributed by atoms with Crippen LogP contribution in [0.5, 0.6) is 5.75 Å². The van der Waals surface area contributed by atoms with Crippen LogP contribution in [0.3, 0.4) is 0 Å². The van der Waals surface area contributed by atoms with Crippen LogP contribution >= 0.6 is 0 Å². The lowest BCUT2D eigenvalue weighted by Crippen LogP contribution is -2.42. The minimum absolute atomic E-state index is 0.0217. The van der Waals surface area contributed by atoms with Crippen molar-refractivity contribution in [1.29, 1.82) is 0 Å². The van der Waals surface area contributed by atoms with E-state index in [1.807, 2.05) is 25.1 Å². The molecule has 0 bridgehead atoms. The number of rotatable bonds is 7. The second kappa shape index (κ2) is 8.50. The third-order valence-electron chi connectivity index (χ3n) is 3.94. The van der Waals surface area contributed by atoms with E-state index in [9.17, 15) is 4.79 Å². The molecule has 4 heteroatoms. The molecule has 128 valence electrons. The Bertz CT molecular complexity index is 684. The Kier molecular flexibility index (Phi) is 6.38. The van der Waals surface area contributed by atoms with Crippen LogP contribution in [0.4, 0.5) is 0 Å². The Morgan fingerprint density at radius 1 is 1.17 bits per heavy atom. The molecule has 1 amide bonds. The highest BCUT2D eigenvalue weighted by Crippen LogP contribution is 2.15. The molecule has 0 aliphatic heterocycles. The van der Waals surface area contributed by atoms with E-state index in [0.717, 1.165) is 12.0 Å². The summed E-state index contributed by atoms with van der Waals surface area (Å²) in [5.74, 6) is 0.432. The number of carbonyl (C=O) groups is 1. The molecule has 2 rings (SSSR count). The molecule has 0 fully saturated rings. The molecule has 0 saturated heterocycles. The predicted molar refractivity (Wildman–Crippen MR) is 94.9 cm³/mol. The van der Waals surface area contributed by atoms with E-state index in [4.69, 9.17) is 9.84 Å². The van der Waals surface area contributed by atoms with Gasteiger partial charge in [0.25, 0.3) is 5.91 Å². The van der Waals surface area contributed by atoms with Gasteiger partial charge in [0.1, 0.15) is 5.75 Å².